The molecule has 0 aromatic rings. The van der Waals surface area contributed by atoms with Gasteiger partial charge in [-0.3, -0.25) is 4.79 Å². The highest BCUT2D eigenvalue weighted by Crippen LogP contribution is 2.38. The molecule has 3 heteroatoms. The van der Waals surface area contributed by atoms with E-state index in [0.717, 1.165) is 32.2 Å². The molecule has 0 aromatic carbocycles. The van der Waals surface area contributed by atoms with E-state index in [1.165, 1.54) is 12.8 Å². The summed E-state index contributed by atoms with van der Waals surface area (Å²) in [4.78, 5) is 14.0. The van der Waals surface area contributed by atoms with Crippen LogP contribution in [0.5, 0.6) is 0 Å². The van der Waals surface area contributed by atoms with Crippen LogP contribution >= 0.6 is 0 Å². The third-order valence-corrected chi connectivity index (χ3v) is 4.27. The first-order valence-corrected chi connectivity index (χ1v) is 6.21. The molecular formula is C12H19NO2. The minimum Gasteiger partial charge on any atom is -0.393 e. The lowest BCUT2D eigenvalue weighted by Gasteiger charge is -2.25. The Morgan fingerprint density at radius 2 is 2.07 bits per heavy atom. The Balaban J connectivity index is 1.64. The van der Waals surface area contributed by atoms with Crippen molar-refractivity contribution in [2.24, 2.45) is 11.8 Å². The predicted octanol–water partition coefficient (Wildman–Crippen LogP) is 1.16. The van der Waals surface area contributed by atoms with Gasteiger partial charge < -0.3 is 10.0 Å². The van der Waals surface area contributed by atoms with Gasteiger partial charge in [0, 0.05) is 24.9 Å². The number of carbonyl (C=O) groups is 1. The van der Waals surface area contributed by atoms with Gasteiger partial charge >= 0.3 is 0 Å². The summed E-state index contributed by atoms with van der Waals surface area (Å²) in [6.45, 7) is 0.817. The molecule has 1 saturated heterocycles. The highest BCUT2D eigenvalue weighted by molar-refractivity contribution is 5.77. The van der Waals surface area contributed by atoms with Crippen LogP contribution in [-0.2, 0) is 4.79 Å². The van der Waals surface area contributed by atoms with Gasteiger partial charge in [-0.1, -0.05) is 0 Å². The SMILES string of the molecule is O=C(CC1CC1)N1CC2CC1CCC2O. The highest BCUT2D eigenvalue weighted by atomic mass is 16.3. The average Bonchev–Trinajstić information content (AvgIpc) is 2.95. The van der Waals surface area contributed by atoms with Crippen LogP contribution in [-0.4, -0.2) is 34.6 Å². The van der Waals surface area contributed by atoms with Crippen LogP contribution in [0.4, 0.5) is 0 Å². The summed E-state index contributed by atoms with van der Waals surface area (Å²) in [6.07, 6.45) is 6.04. The molecule has 3 aliphatic rings. The summed E-state index contributed by atoms with van der Waals surface area (Å²) in [6, 6.07) is 0.449. The van der Waals surface area contributed by atoms with Crippen LogP contribution in [0.1, 0.15) is 38.5 Å². The fourth-order valence-corrected chi connectivity index (χ4v) is 3.10. The van der Waals surface area contributed by atoms with Gasteiger partial charge in [0.15, 0.2) is 0 Å². The van der Waals surface area contributed by atoms with E-state index in [-0.39, 0.29) is 6.10 Å². The summed E-state index contributed by atoms with van der Waals surface area (Å²) in [7, 11) is 0. The van der Waals surface area contributed by atoms with Crippen LogP contribution in [0.3, 0.4) is 0 Å². The van der Waals surface area contributed by atoms with Gasteiger partial charge in [-0.2, -0.15) is 0 Å². The molecule has 15 heavy (non-hydrogen) atoms. The van der Waals surface area contributed by atoms with Crippen molar-refractivity contribution in [1.82, 2.24) is 4.90 Å². The topological polar surface area (TPSA) is 40.5 Å². The van der Waals surface area contributed by atoms with Gasteiger partial charge in [0.05, 0.1) is 6.10 Å². The van der Waals surface area contributed by atoms with Crippen molar-refractivity contribution in [1.29, 1.82) is 0 Å². The lowest BCUT2D eigenvalue weighted by molar-refractivity contribution is -0.132. The van der Waals surface area contributed by atoms with Crippen LogP contribution in [0.15, 0.2) is 0 Å². The Morgan fingerprint density at radius 1 is 1.27 bits per heavy atom. The monoisotopic (exact) mass is 209 g/mol. The summed E-state index contributed by atoms with van der Waals surface area (Å²) < 4.78 is 0. The zero-order chi connectivity index (χ0) is 10.4. The molecule has 1 amide bonds. The van der Waals surface area contributed by atoms with Gasteiger partial charge in [-0.25, -0.2) is 0 Å². The number of aliphatic hydroxyl groups is 1. The second-order valence-corrected chi connectivity index (χ2v) is 5.49. The molecule has 3 atom stereocenters. The van der Waals surface area contributed by atoms with Gasteiger partial charge in [0.1, 0.15) is 0 Å². The first kappa shape index (κ1) is 9.64. The van der Waals surface area contributed by atoms with Crippen molar-refractivity contribution in [3.05, 3.63) is 0 Å². The first-order chi connectivity index (χ1) is 7.24. The molecule has 1 heterocycles. The Bertz CT molecular complexity index is 275. The molecule has 3 fully saturated rings. The molecule has 2 saturated carbocycles. The van der Waals surface area contributed by atoms with Gasteiger partial charge in [0.2, 0.25) is 5.91 Å². The number of aliphatic hydroxyl groups excluding tert-OH is 1. The number of likely N-dealkylation sites (tertiary alicyclic amines) is 1. The summed E-state index contributed by atoms with van der Waals surface area (Å²) >= 11 is 0. The zero-order valence-electron chi connectivity index (χ0n) is 9.06. The third-order valence-electron chi connectivity index (χ3n) is 4.27. The summed E-state index contributed by atoms with van der Waals surface area (Å²) in [5.74, 6) is 1.40. The molecule has 2 bridgehead atoms. The Hall–Kier alpha value is -0.570. The number of amides is 1. The number of rotatable bonds is 2. The van der Waals surface area contributed by atoms with Crippen molar-refractivity contribution in [2.75, 3.05) is 6.54 Å². The lowest BCUT2D eigenvalue weighted by Crippen LogP contribution is -2.35. The van der Waals surface area contributed by atoms with E-state index in [0.29, 0.717) is 23.8 Å². The van der Waals surface area contributed by atoms with Crippen molar-refractivity contribution in [2.45, 2.75) is 50.7 Å². The van der Waals surface area contributed by atoms with Crippen molar-refractivity contribution in [3.63, 3.8) is 0 Å². The molecule has 0 spiro atoms. The molecule has 0 aromatic heterocycles. The number of hydrogen-bond acceptors (Lipinski definition) is 2. The van der Waals surface area contributed by atoms with Crippen LogP contribution in [0.2, 0.25) is 0 Å². The Morgan fingerprint density at radius 3 is 2.73 bits per heavy atom. The van der Waals surface area contributed by atoms with Crippen molar-refractivity contribution < 1.29 is 9.90 Å². The zero-order valence-corrected chi connectivity index (χ0v) is 9.06. The Kier molecular flexibility index (Phi) is 2.23. The van der Waals surface area contributed by atoms with E-state index < -0.39 is 0 Å². The summed E-state index contributed by atoms with van der Waals surface area (Å²) in [5.41, 5.74) is 0. The quantitative estimate of drug-likeness (QED) is 0.741. The van der Waals surface area contributed by atoms with E-state index in [1.807, 2.05) is 0 Å². The molecule has 0 radical (unpaired) electrons. The van der Waals surface area contributed by atoms with Crippen LogP contribution < -0.4 is 0 Å². The molecule has 84 valence electrons. The second-order valence-electron chi connectivity index (χ2n) is 5.49. The standard InChI is InChI=1S/C12H19NO2/c14-11-4-3-10-6-9(11)7-13(10)12(15)5-8-1-2-8/h8-11,14H,1-7H2. The highest BCUT2D eigenvalue weighted by Gasteiger charge is 2.42. The second kappa shape index (κ2) is 3.48. The van der Waals surface area contributed by atoms with E-state index in [1.54, 1.807) is 0 Å². The normalized spacial score (nSPS) is 39.5. The molecule has 3 unspecified atom stereocenters. The molecule has 3 nitrogen and oxygen atoms in total. The minimum absolute atomic E-state index is 0.153. The van der Waals surface area contributed by atoms with Crippen LogP contribution in [0, 0.1) is 11.8 Å². The van der Waals surface area contributed by atoms with Crippen molar-refractivity contribution >= 4 is 5.91 Å². The summed E-state index contributed by atoms with van der Waals surface area (Å²) in [5, 5.41) is 9.75. The number of carbonyl (C=O) groups excluding carboxylic acids is 1. The number of hydrogen-bond donors (Lipinski definition) is 1. The van der Waals surface area contributed by atoms with Gasteiger partial charge in [-0.15, -0.1) is 0 Å². The average molecular weight is 209 g/mol. The fraction of sp³-hybridized carbons (Fsp3) is 0.917. The maximum absolute atomic E-state index is 12.0. The largest absolute Gasteiger partial charge is 0.393 e. The third kappa shape index (κ3) is 1.78. The molecular weight excluding hydrogens is 190 g/mol. The van der Waals surface area contributed by atoms with Gasteiger partial charge in [-0.05, 0) is 38.0 Å². The van der Waals surface area contributed by atoms with E-state index in [4.69, 9.17) is 0 Å². The van der Waals surface area contributed by atoms with E-state index >= 15 is 0 Å². The van der Waals surface area contributed by atoms with Gasteiger partial charge in [0.25, 0.3) is 0 Å². The van der Waals surface area contributed by atoms with Crippen molar-refractivity contribution in [3.8, 4) is 0 Å². The smallest absolute Gasteiger partial charge is 0.223 e. The van der Waals surface area contributed by atoms with E-state index in [2.05, 4.69) is 4.90 Å². The maximum Gasteiger partial charge on any atom is 0.223 e. The predicted molar refractivity (Wildman–Crippen MR) is 56.2 cm³/mol. The molecule has 1 aliphatic heterocycles. The number of fused-ring (bicyclic) bond motifs is 2. The fourth-order valence-electron chi connectivity index (χ4n) is 3.10. The molecule has 3 rings (SSSR count). The van der Waals surface area contributed by atoms with E-state index in [9.17, 15) is 9.90 Å². The molecule has 2 aliphatic carbocycles. The molecule has 1 N–H and O–H groups in total. The maximum atomic E-state index is 12.0. The minimum atomic E-state index is -0.153. The number of nitrogens with zero attached hydrogens (tertiary/aromatic N) is 1. The van der Waals surface area contributed by atoms with Crippen LogP contribution in [0.25, 0.3) is 0 Å². The first-order valence-electron chi connectivity index (χ1n) is 6.21. The lowest BCUT2D eigenvalue weighted by atomic mass is 9.88. The Labute approximate surface area is 90.5 Å².